The minimum absolute atomic E-state index is 0.0401. The van der Waals surface area contributed by atoms with Gasteiger partial charge in [0.2, 0.25) is 11.9 Å². The lowest BCUT2D eigenvalue weighted by Crippen LogP contribution is -2.40. The van der Waals surface area contributed by atoms with Gasteiger partial charge in [-0.2, -0.15) is 20.5 Å². The molecule has 0 amide bonds. The molecule has 0 bridgehead atoms. The number of nitriles is 2. The van der Waals surface area contributed by atoms with E-state index in [1.54, 1.807) is 30.7 Å². The summed E-state index contributed by atoms with van der Waals surface area (Å²) in [7, 11) is -1.80. The van der Waals surface area contributed by atoms with Crippen molar-refractivity contribution in [2.45, 2.75) is 116 Å². The van der Waals surface area contributed by atoms with Crippen LogP contribution in [-0.4, -0.2) is 52.5 Å². The summed E-state index contributed by atoms with van der Waals surface area (Å²) in [5.41, 5.74) is 4.68. The number of hydrogen-bond donors (Lipinski definition) is 3. The van der Waals surface area contributed by atoms with Crippen molar-refractivity contribution in [3.05, 3.63) is 83.7 Å². The molecule has 6 heterocycles. The molecule has 6 aromatic rings. The number of nitrogens with zero attached hydrogens (tertiary/aromatic N) is 10. The lowest BCUT2D eigenvalue weighted by molar-refractivity contribution is 0.276. The summed E-state index contributed by atoms with van der Waals surface area (Å²) in [6, 6.07) is 16.5. The summed E-state index contributed by atoms with van der Waals surface area (Å²) in [6.45, 7) is 11.8. The van der Waals surface area contributed by atoms with Gasteiger partial charge in [-0.15, -0.1) is 0 Å². The molecule has 15 heteroatoms. The molecule has 2 saturated carbocycles. The highest BCUT2D eigenvalue weighted by Crippen LogP contribution is 2.38. The maximum Gasteiger partial charge on any atom is 0.230 e. The standard InChI is InChI=1S/C24H32N6OSi.C18H18N6O/c1-24(2,3)32(4,5)31-16-17-10-11-21(26-14-17)28-23-27-15-18-12-20(13-25)30(22(18)29-23)19-8-6-7-9-19;19-8-15-7-13-10-21-18(22-16-6-5-12(11-25)9-20-16)23-17(13)24(15)14-3-1-2-4-14/h10-12,14-15,19H,6-9,16H2,1-5H3,(H,26,27,28,29);5-7,9-10,14,25H,1-4,11H2,(H,20,21,22,23). The predicted molar refractivity (Wildman–Crippen MR) is 222 cm³/mol. The van der Waals surface area contributed by atoms with Crippen LogP contribution in [0.2, 0.25) is 18.1 Å². The van der Waals surface area contributed by atoms with Crippen molar-refractivity contribution in [2.24, 2.45) is 0 Å². The molecular formula is C42H50N12O2Si. The highest BCUT2D eigenvalue weighted by atomic mass is 28.4. The van der Waals surface area contributed by atoms with Crippen LogP contribution in [0, 0.1) is 22.7 Å². The van der Waals surface area contributed by atoms with E-state index < -0.39 is 8.32 Å². The molecular weight excluding hydrogens is 733 g/mol. The molecule has 6 aromatic heterocycles. The number of aliphatic hydroxyl groups excluding tert-OH is 1. The van der Waals surface area contributed by atoms with Crippen LogP contribution in [0.1, 0.15) is 107 Å². The van der Waals surface area contributed by atoms with Crippen LogP contribution < -0.4 is 10.6 Å². The van der Waals surface area contributed by atoms with Gasteiger partial charge >= 0.3 is 0 Å². The fourth-order valence-electron chi connectivity index (χ4n) is 7.26. The summed E-state index contributed by atoms with van der Waals surface area (Å²) in [5, 5.41) is 36.4. The van der Waals surface area contributed by atoms with Gasteiger partial charge in [-0.3, -0.25) is 0 Å². The summed E-state index contributed by atoms with van der Waals surface area (Å²) in [4.78, 5) is 26.9. The number of rotatable bonds is 10. The Hall–Kier alpha value is -5.74. The summed E-state index contributed by atoms with van der Waals surface area (Å²) < 4.78 is 10.4. The Balaban J connectivity index is 0.000000179. The molecule has 294 valence electrons. The molecule has 2 aliphatic carbocycles. The third kappa shape index (κ3) is 8.81. The van der Waals surface area contributed by atoms with Crippen LogP contribution in [0.25, 0.3) is 22.1 Å². The van der Waals surface area contributed by atoms with Crippen molar-refractivity contribution >= 4 is 53.9 Å². The Kier molecular flexibility index (Phi) is 11.6. The maximum atomic E-state index is 9.60. The highest BCUT2D eigenvalue weighted by Gasteiger charge is 2.37. The van der Waals surface area contributed by atoms with Crippen LogP contribution >= 0.6 is 0 Å². The van der Waals surface area contributed by atoms with E-state index in [0.717, 1.165) is 58.9 Å². The Morgan fingerprint density at radius 2 is 1.18 bits per heavy atom. The van der Waals surface area contributed by atoms with Crippen molar-refractivity contribution in [1.29, 1.82) is 10.5 Å². The van der Waals surface area contributed by atoms with Gasteiger partial charge in [-0.05, 0) is 79.2 Å². The molecule has 0 radical (unpaired) electrons. The molecule has 2 aliphatic rings. The molecule has 0 unspecified atom stereocenters. The van der Waals surface area contributed by atoms with Gasteiger partial charge in [-0.25, -0.2) is 19.9 Å². The normalized spacial score (nSPS) is 15.0. The number of aliphatic hydroxyl groups is 1. The van der Waals surface area contributed by atoms with Crippen molar-refractivity contribution in [1.82, 2.24) is 39.0 Å². The lowest BCUT2D eigenvalue weighted by atomic mass is 10.2. The molecule has 0 spiro atoms. The first-order valence-electron chi connectivity index (χ1n) is 19.7. The quantitative estimate of drug-likeness (QED) is 0.112. The number of anilines is 4. The van der Waals surface area contributed by atoms with E-state index >= 15 is 0 Å². The molecule has 0 aromatic carbocycles. The molecule has 0 saturated heterocycles. The predicted octanol–water partition coefficient (Wildman–Crippen LogP) is 9.13. The average Bonchev–Trinajstić information content (AvgIpc) is 4.04. The number of hydrogen-bond acceptors (Lipinski definition) is 12. The highest BCUT2D eigenvalue weighted by molar-refractivity contribution is 6.74. The number of nitrogens with one attached hydrogen (secondary N) is 2. The summed E-state index contributed by atoms with van der Waals surface area (Å²) in [6.07, 6.45) is 16.1. The number of pyridine rings is 2. The van der Waals surface area contributed by atoms with Gasteiger partial charge in [-0.1, -0.05) is 58.6 Å². The third-order valence-corrected chi connectivity index (χ3v) is 16.0. The van der Waals surface area contributed by atoms with Crippen molar-refractivity contribution in [3.8, 4) is 12.1 Å². The SMILES string of the molecule is CC(C)(C)[Si](C)(C)OCc1ccc(Nc2ncc3cc(C#N)n(C4CCCC4)c3n2)nc1.N#Cc1cc2cnc(Nc3ccc(CO)cn3)nc2n1C1CCCC1. The Morgan fingerprint density at radius 1 is 0.719 bits per heavy atom. The first-order valence-corrected chi connectivity index (χ1v) is 22.6. The Morgan fingerprint density at radius 3 is 1.56 bits per heavy atom. The Labute approximate surface area is 334 Å². The zero-order chi connectivity index (χ0) is 40.2. The fourth-order valence-corrected chi connectivity index (χ4v) is 8.22. The fraction of sp³-hybridized carbons (Fsp3) is 0.429. The molecule has 3 N–H and O–H groups in total. The lowest BCUT2D eigenvalue weighted by Gasteiger charge is -2.36. The van der Waals surface area contributed by atoms with E-state index in [0.29, 0.717) is 53.6 Å². The van der Waals surface area contributed by atoms with E-state index in [1.165, 1.54) is 25.7 Å². The molecule has 0 atom stereocenters. The van der Waals surface area contributed by atoms with Crippen LogP contribution in [0.15, 0.2) is 61.2 Å². The zero-order valence-electron chi connectivity index (χ0n) is 33.3. The van der Waals surface area contributed by atoms with E-state index in [4.69, 9.17) is 14.5 Å². The first kappa shape index (κ1) is 39.5. The number of aromatic nitrogens is 8. The smallest absolute Gasteiger partial charge is 0.230 e. The van der Waals surface area contributed by atoms with Gasteiger partial charge in [0.15, 0.2) is 8.32 Å². The number of fused-ring (bicyclic) bond motifs is 2. The average molecular weight is 783 g/mol. The van der Waals surface area contributed by atoms with Crippen LogP contribution in [0.5, 0.6) is 0 Å². The monoisotopic (exact) mass is 782 g/mol. The molecule has 14 nitrogen and oxygen atoms in total. The van der Waals surface area contributed by atoms with Gasteiger partial charge < -0.3 is 29.3 Å². The van der Waals surface area contributed by atoms with Gasteiger partial charge in [0.05, 0.1) is 13.2 Å². The Bertz CT molecular complexity index is 2410. The second kappa shape index (κ2) is 16.8. The van der Waals surface area contributed by atoms with E-state index in [1.807, 2.05) is 30.5 Å². The first-order chi connectivity index (χ1) is 27.5. The van der Waals surface area contributed by atoms with Crippen LogP contribution in [-0.2, 0) is 17.6 Å². The van der Waals surface area contributed by atoms with Crippen molar-refractivity contribution in [3.63, 3.8) is 0 Å². The molecule has 2 fully saturated rings. The second-order valence-corrected chi connectivity index (χ2v) is 21.2. The summed E-state index contributed by atoms with van der Waals surface area (Å²) in [5.74, 6) is 2.21. The largest absolute Gasteiger partial charge is 0.413 e. The molecule has 8 rings (SSSR count). The molecule has 0 aliphatic heterocycles. The van der Waals surface area contributed by atoms with Crippen molar-refractivity contribution in [2.75, 3.05) is 10.6 Å². The third-order valence-electron chi connectivity index (χ3n) is 11.5. The van der Waals surface area contributed by atoms with Gasteiger partial charge in [0, 0.05) is 47.6 Å². The zero-order valence-corrected chi connectivity index (χ0v) is 34.3. The van der Waals surface area contributed by atoms with Crippen LogP contribution in [0.4, 0.5) is 23.5 Å². The van der Waals surface area contributed by atoms with E-state index in [-0.39, 0.29) is 11.6 Å². The topological polar surface area (TPSA) is 188 Å². The minimum Gasteiger partial charge on any atom is -0.413 e. The van der Waals surface area contributed by atoms with Crippen molar-refractivity contribution < 1.29 is 9.53 Å². The van der Waals surface area contributed by atoms with Gasteiger partial charge in [0.1, 0.15) is 46.5 Å². The van der Waals surface area contributed by atoms with Crippen LogP contribution in [0.3, 0.4) is 0 Å². The molecule has 57 heavy (non-hydrogen) atoms. The maximum absolute atomic E-state index is 9.60. The van der Waals surface area contributed by atoms with Gasteiger partial charge in [0.25, 0.3) is 0 Å². The van der Waals surface area contributed by atoms with E-state index in [9.17, 15) is 10.5 Å². The second-order valence-electron chi connectivity index (χ2n) is 16.4. The minimum atomic E-state index is -1.80. The summed E-state index contributed by atoms with van der Waals surface area (Å²) >= 11 is 0. The van der Waals surface area contributed by atoms with E-state index in [2.05, 4.69) is 90.7 Å².